The van der Waals surface area contributed by atoms with Crippen molar-refractivity contribution in [2.45, 2.75) is 17.5 Å². The third kappa shape index (κ3) is 3.90. The molecule has 0 aliphatic heterocycles. The van der Waals surface area contributed by atoms with Crippen molar-refractivity contribution in [3.8, 4) is 5.75 Å². The van der Waals surface area contributed by atoms with Gasteiger partial charge in [0.15, 0.2) is 5.16 Å². The Balaban J connectivity index is 2.03. The van der Waals surface area contributed by atoms with Gasteiger partial charge in [-0.15, -0.1) is 6.58 Å². The van der Waals surface area contributed by atoms with E-state index in [1.54, 1.807) is 42.0 Å². The minimum Gasteiger partial charge on any atom is -0.496 e. The smallest absolute Gasteiger partial charge is 0.262 e. The zero-order valence-electron chi connectivity index (χ0n) is 14.0. The van der Waals surface area contributed by atoms with Crippen LogP contribution in [0.4, 0.5) is 0 Å². The van der Waals surface area contributed by atoms with Crippen molar-refractivity contribution in [2.75, 3.05) is 7.11 Å². The van der Waals surface area contributed by atoms with E-state index in [1.807, 2.05) is 12.1 Å². The van der Waals surface area contributed by atoms with Crippen LogP contribution in [-0.2, 0) is 12.3 Å². The quantitative estimate of drug-likeness (QED) is 0.321. The summed E-state index contributed by atoms with van der Waals surface area (Å²) in [5.41, 5.74) is 1.38. The van der Waals surface area contributed by atoms with Crippen molar-refractivity contribution in [1.29, 1.82) is 0 Å². The minimum absolute atomic E-state index is 0.118. The van der Waals surface area contributed by atoms with Crippen LogP contribution < -0.4 is 10.3 Å². The molecule has 0 radical (unpaired) electrons. The number of methoxy groups -OCH3 is 1. The Morgan fingerprint density at radius 1 is 1.23 bits per heavy atom. The standard InChI is InChI=1S/C19H16Cl2N2O2S/c1-3-8-23-18(24)15-6-4-14(21)10-16(15)22-19(23)26-11-12-9-13(20)5-7-17(12)25-2/h3-7,9-10H,1,8,11H2,2H3. The minimum atomic E-state index is -0.118. The maximum atomic E-state index is 12.8. The molecule has 7 heteroatoms. The van der Waals surface area contributed by atoms with Crippen LogP contribution in [-0.4, -0.2) is 16.7 Å². The third-order valence-corrected chi connectivity index (χ3v) is 5.29. The lowest BCUT2D eigenvalue weighted by Gasteiger charge is -2.13. The lowest BCUT2D eigenvalue weighted by molar-refractivity contribution is 0.411. The highest BCUT2D eigenvalue weighted by atomic mass is 35.5. The average molecular weight is 407 g/mol. The van der Waals surface area contributed by atoms with Gasteiger partial charge in [0.1, 0.15) is 5.75 Å². The van der Waals surface area contributed by atoms with Crippen molar-refractivity contribution in [3.63, 3.8) is 0 Å². The number of nitrogens with zero attached hydrogens (tertiary/aromatic N) is 2. The second-order valence-electron chi connectivity index (χ2n) is 5.51. The average Bonchev–Trinajstić information content (AvgIpc) is 2.62. The first-order valence-electron chi connectivity index (χ1n) is 7.79. The Bertz CT molecular complexity index is 1030. The fourth-order valence-corrected chi connectivity index (χ4v) is 3.92. The van der Waals surface area contributed by atoms with E-state index in [9.17, 15) is 4.79 Å². The van der Waals surface area contributed by atoms with Gasteiger partial charge in [0.25, 0.3) is 5.56 Å². The van der Waals surface area contributed by atoms with E-state index in [4.69, 9.17) is 27.9 Å². The lowest BCUT2D eigenvalue weighted by Crippen LogP contribution is -2.22. The van der Waals surface area contributed by atoms with Gasteiger partial charge >= 0.3 is 0 Å². The van der Waals surface area contributed by atoms with Gasteiger partial charge in [-0.2, -0.15) is 0 Å². The van der Waals surface area contributed by atoms with Gasteiger partial charge in [-0.1, -0.05) is 41.0 Å². The topological polar surface area (TPSA) is 44.1 Å². The Labute approximate surface area is 165 Å². The summed E-state index contributed by atoms with van der Waals surface area (Å²) in [6.45, 7) is 4.11. The highest BCUT2D eigenvalue weighted by Gasteiger charge is 2.13. The Morgan fingerprint density at radius 2 is 1.96 bits per heavy atom. The van der Waals surface area contributed by atoms with E-state index in [0.717, 1.165) is 11.3 Å². The molecule has 1 heterocycles. The number of allylic oxidation sites excluding steroid dienone is 1. The second kappa shape index (κ2) is 8.16. The number of aromatic nitrogens is 2. The van der Waals surface area contributed by atoms with Gasteiger partial charge in [-0.25, -0.2) is 4.98 Å². The molecule has 1 aromatic heterocycles. The van der Waals surface area contributed by atoms with Crippen LogP contribution in [0, 0.1) is 0 Å². The predicted octanol–water partition coefficient (Wildman–Crippen LogP) is 5.19. The Kier molecular flexibility index (Phi) is 5.91. The highest BCUT2D eigenvalue weighted by Crippen LogP contribution is 2.30. The van der Waals surface area contributed by atoms with Crippen LogP contribution >= 0.6 is 35.0 Å². The number of halogens is 2. The molecule has 0 unspecified atom stereocenters. The molecule has 0 aliphatic rings. The summed E-state index contributed by atoms with van der Waals surface area (Å²) in [6.07, 6.45) is 1.68. The van der Waals surface area contributed by atoms with Gasteiger partial charge in [0.2, 0.25) is 0 Å². The fourth-order valence-electron chi connectivity index (χ4n) is 2.58. The van der Waals surface area contributed by atoms with Crippen molar-refractivity contribution >= 4 is 45.9 Å². The fraction of sp³-hybridized carbons (Fsp3) is 0.158. The molecule has 26 heavy (non-hydrogen) atoms. The molecule has 4 nitrogen and oxygen atoms in total. The summed E-state index contributed by atoms with van der Waals surface area (Å²) in [6, 6.07) is 10.5. The van der Waals surface area contributed by atoms with Crippen LogP contribution in [0.2, 0.25) is 10.0 Å². The molecule has 0 amide bonds. The van der Waals surface area contributed by atoms with Gasteiger partial charge in [-0.3, -0.25) is 9.36 Å². The molecule has 0 N–H and O–H groups in total. The lowest BCUT2D eigenvalue weighted by atomic mass is 10.2. The van der Waals surface area contributed by atoms with Gasteiger partial charge in [-0.05, 0) is 36.4 Å². The number of hydrogen-bond acceptors (Lipinski definition) is 4. The second-order valence-corrected chi connectivity index (χ2v) is 7.32. The SMILES string of the molecule is C=CCn1c(SCc2cc(Cl)ccc2OC)nc2cc(Cl)ccc2c1=O. The summed E-state index contributed by atoms with van der Waals surface area (Å²) in [4.78, 5) is 17.4. The maximum Gasteiger partial charge on any atom is 0.262 e. The number of thioether (sulfide) groups is 1. The van der Waals surface area contributed by atoms with Crippen molar-refractivity contribution in [3.05, 3.63) is 75.0 Å². The number of ether oxygens (including phenoxy) is 1. The summed E-state index contributed by atoms with van der Waals surface area (Å²) in [5.74, 6) is 1.29. The first-order valence-corrected chi connectivity index (χ1v) is 9.54. The maximum absolute atomic E-state index is 12.8. The van der Waals surface area contributed by atoms with Crippen LogP contribution in [0.1, 0.15) is 5.56 Å². The van der Waals surface area contributed by atoms with Gasteiger partial charge < -0.3 is 4.74 Å². The first-order chi connectivity index (χ1) is 12.5. The number of fused-ring (bicyclic) bond motifs is 1. The van der Waals surface area contributed by atoms with Crippen LogP contribution in [0.5, 0.6) is 5.75 Å². The Hall–Kier alpha value is -1.95. The summed E-state index contributed by atoms with van der Waals surface area (Å²) in [5, 5.41) is 2.29. The molecule has 0 fully saturated rings. The molecule has 2 aromatic carbocycles. The molecule has 3 aromatic rings. The molecule has 0 spiro atoms. The van der Waals surface area contributed by atoms with Crippen LogP contribution in [0.15, 0.2) is 59.0 Å². The zero-order valence-corrected chi connectivity index (χ0v) is 16.4. The monoisotopic (exact) mass is 406 g/mol. The number of rotatable bonds is 6. The van der Waals surface area contributed by atoms with Gasteiger partial charge in [0.05, 0.1) is 18.0 Å². The number of benzene rings is 2. The Morgan fingerprint density at radius 3 is 2.69 bits per heavy atom. The van der Waals surface area contributed by atoms with E-state index in [2.05, 4.69) is 11.6 Å². The molecule has 134 valence electrons. The largest absolute Gasteiger partial charge is 0.496 e. The molecule has 0 aliphatic carbocycles. The first kappa shape index (κ1) is 18.8. The third-order valence-electron chi connectivity index (χ3n) is 3.79. The van der Waals surface area contributed by atoms with Crippen LogP contribution in [0.3, 0.4) is 0 Å². The van der Waals surface area contributed by atoms with Crippen molar-refractivity contribution < 1.29 is 4.74 Å². The van der Waals surface area contributed by atoms with Crippen molar-refractivity contribution in [1.82, 2.24) is 9.55 Å². The predicted molar refractivity (Wildman–Crippen MR) is 109 cm³/mol. The summed E-state index contributed by atoms with van der Waals surface area (Å²) in [7, 11) is 1.61. The van der Waals surface area contributed by atoms with E-state index < -0.39 is 0 Å². The van der Waals surface area contributed by atoms with Crippen molar-refractivity contribution in [2.24, 2.45) is 0 Å². The van der Waals surface area contributed by atoms with E-state index >= 15 is 0 Å². The van der Waals surface area contributed by atoms with E-state index in [-0.39, 0.29) is 5.56 Å². The highest BCUT2D eigenvalue weighted by molar-refractivity contribution is 7.98. The molecule has 0 bridgehead atoms. The van der Waals surface area contributed by atoms with E-state index in [1.165, 1.54) is 11.8 Å². The normalized spacial score (nSPS) is 10.9. The van der Waals surface area contributed by atoms with Gasteiger partial charge in [0, 0.05) is 27.9 Å². The molecular formula is C19H16Cl2N2O2S. The molecular weight excluding hydrogens is 391 g/mol. The van der Waals surface area contributed by atoms with E-state index in [0.29, 0.717) is 38.4 Å². The molecule has 0 atom stereocenters. The molecule has 0 saturated heterocycles. The van der Waals surface area contributed by atoms with Crippen LogP contribution in [0.25, 0.3) is 10.9 Å². The zero-order chi connectivity index (χ0) is 18.7. The number of hydrogen-bond donors (Lipinski definition) is 0. The molecule has 0 saturated carbocycles. The molecule has 3 rings (SSSR count). The summed E-state index contributed by atoms with van der Waals surface area (Å²) < 4.78 is 6.98. The summed E-state index contributed by atoms with van der Waals surface area (Å²) >= 11 is 13.6.